The Bertz CT molecular complexity index is 612. The molecule has 0 fully saturated rings. The van der Waals surface area contributed by atoms with Crippen molar-refractivity contribution in [2.75, 3.05) is 6.61 Å². The Labute approximate surface area is 123 Å². The first-order valence-electron chi connectivity index (χ1n) is 6.73. The second kappa shape index (κ2) is 7.79. The molecule has 0 saturated carbocycles. The molecule has 5 heteroatoms. The number of ether oxygens (including phenoxy) is 1. The van der Waals surface area contributed by atoms with Crippen LogP contribution in [0.5, 0.6) is 5.88 Å². The minimum atomic E-state index is -0.188. The van der Waals surface area contributed by atoms with E-state index in [-0.39, 0.29) is 5.91 Å². The van der Waals surface area contributed by atoms with E-state index in [0.29, 0.717) is 19.0 Å². The van der Waals surface area contributed by atoms with Gasteiger partial charge in [0.2, 0.25) is 11.8 Å². The van der Waals surface area contributed by atoms with Crippen LogP contribution in [0.4, 0.5) is 0 Å². The Balaban J connectivity index is 1.91. The van der Waals surface area contributed by atoms with E-state index >= 15 is 0 Å². The first-order valence-corrected chi connectivity index (χ1v) is 6.73. The monoisotopic (exact) mass is 283 g/mol. The van der Waals surface area contributed by atoms with Gasteiger partial charge < -0.3 is 10.1 Å². The van der Waals surface area contributed by atoms with E-state index in [0.717, 1.165) is 11.3 Å². The number of hydrogen-bond donors (Lipinski definition) is 1. The molecule has 21 heavy (non-hydrogen) atoms. The van der Waals surface area contributed by atoms with Gasteiger partial charge in [-0.15, -0.1) is 0 Å². The molecule has 0 aromatic carbocycles. The summed E-state index contributed by atoms with van der Waals surface area (Å²) in [7, 11) is 0. The van der Waals surface area contributed by atoms with Crippen LogP contribution in [0.2, 0.25) is 0 Å². The van der Waals surface area contributed by atoms with Gasteiger partial charge in [-0.1, -0.05) is 12.1 Å². The van der Waals surface area contributed by atoms with Gasteiger partial charge in [0.15, 0.2) is 0 Å². The Hall–Kier alpha value is -2.69. The lowest BCUT2D eigenvalue weighted by atomic mass is 10.2. The summed E-state index contributed by atoms with van der Waals surface area (Å²) in [4.78, 5) is 20.0. The van der Waals surface area contributed by atoms with Crippen LogP contribution in [0.1, 0.15) is 18.2 Å². The number of hydrogen-bond acceptors (Lipinski definition) is 4. The molecule has 5 nitrogen and oxygen atoms in total. The number of carbonyl (C=O) groups excluding carboxylic acids is 1. The minimum Gasteiger partial charge on any atom is -0.478 e. The molecule has 2 heterocycles. The smallest absolute Gasteiger partial charge is 0.244 e. The highest BCUT2D eigenvalue weighted by atomic mass is 16.5. The fourth-order valence-corrected chi connectivity index (χ4v) is 1.70. The highest BCUT2D eigenvalue weighted by Crippen LogP contribution is 2.13. The topological polar surface area (TPSA) is 64.1 Å². The molecule has 0 aliphatic rings. The zero-order valence-corrected chi connectivity index (χ0v) is 11.8. The van der Waals surface area contributed by atoms with Gasteiger partial charge in [0, 0.05) is 30.6 Å². The summed E-state index contributed by atoms with van der Waals surface area (Å²) in [6, 6.07) is 9.22. The van der Waals surface area contributed by atoms with Crippen LogP contribution in [-0.2, 0) is 11.3 Å². The van der Waals surface area contributed by atoms with Crippen molar-refractivity contribution in [1.29, 1.82) is 0 Å². The van der Waals surface area contributed by atoms with Gasteiger partial charge in [-0.05, 0) is 31.2 Å². The Kier molecular flexibility index (Phi) is 5.46. The van der Waals surface area contributed by atoms with Gasteiger partial charge in [-0.25, -0.2) is 4.98 Å². The molecule has 0 bridgehead atoms. The predicted molar refractivity (Wildman–Crippen MR) is 80.5 cm³/mol. The van der Waals surface area contributed by atoms with Crippen molar-refractivity contribution in [1.82, 2.24) is 15.3 Å². The third-order valence-corrected chi connectivity index (χ3v) is 2.68. The fourth-order valence-electron chi connectivity index (χ4n) is 1.70. The molecule has 2 aromatic heterocycles. The number of amides is 1. The third kappa shape index (κ3) is 4.72. The maximum atomic E-state index is 11.8. The number of aromatic nitrogens is 2. The van der Waals surface area contributed by atoms with Gasteiger partial charge in [-0.3, -0.25) is 9.78 Å². The number of carbonyl (C=O) groups is 1. The molecule has 1 N–H and O–H groups in total. The Morgan fingerprint density at radius 2 is 2.10 bits per heavy atom. The van der Waals surface area contributed by atoms with E-state index in [4.69, 9.17) is 4.74 Å². The normalized spacial score (nSPS) is 10.5. The van der Waals surface area contributed by atoms with Crippen LogP contribution < -0.4 is 10.1 Å². The lowest BCUT2D eigenvalue weighted by Gasteiger charge is -2.08. The summed E-state index contributed by atoms with van der Waals surface area (Å²) in [6.45, 7) is 2.80. The summed E-state index contributed by atoms with van der Waals surface area (Å²) in [5.41, 5.74) is 1.59. The maximum Gasteiger partial charge on any atom is 0.244 e. The highest BCUT2D eigenvalue weighted by Gasteiger charge is 2.04. The molecule has 0 unspecified atom stereocenters. The molecule has 1 amide bonds. The van der Waals surface area contributed by atoms with E-state index in [9.17, 15) is 4.79 Å². The largest absolute Gasteiger partial charge is 0.478 e. The number of nitrogens with zero attached hydrogens (tertiary/aromatic N) is 2. The summed E-state index contributed by atoms with van der Waals surface area (Å²) < 4.78 is 5.41. The Morgan fingerprint density at radius 1 is 1.24 bits per heavy atom. The van der Waals surface area contributed by atoms with Crippen LogP contribution in [-0.4, -0.2) is 22.5 Å². The summed E-state index contributed by atoms with van der Waals surface area (Å²) >= 11 is 0. The standard InChI is InChI=1S/C16H17N3O2/c1-2-21-16-13(6-5-11-18-16)12-19-15(20)9-8-14-7-3-4-10-17-14/h3-11H,2,12H2,1H3,(H,19,20). The molecule has 0 atom stereocenters. The molecular formula is C16H17N3O2. The molecule has 0 aliphatic carbocycles. The van der Waals surface area contributed by atoms with Crippen molar-refractivity contribution in [3.05, 3.63) is 60.1 Å². The van der Waals surface area contributed by atoms with Crippen LogP contribution >= 0.6 is 0 Å². The quantitative estimate of drug-likeness (QED) is 0.825. The third-order valence-electron chi connectivity index (χ3n) is 2.68. The average Bonchev–Trinajstić information content (AvgIpc) is 2.53. The number of rotatable bonds is 6. The number of pyridine rings is 2. The van der Waals surface area contributed by atoms with Crippen LogP contribution in [0.15, 0.2) is 48.8 Å². The zero-order chi connectivity index (χ0) is 14.9. The van der Waals surface area contributed by atoms with Crippen LogP contribution in [0, 0.1) is 0 Å². The van der Waals surface area contributed by atoms with Gasteiger partial charge >= 0.3 is 0 Å². The van der Waals surface area contributed by atoms with Crippen molar-refractivity contribution < 1.29 is 9.53 Å². The SMILES string of the molecule is CCOc1ncccc1CNC(=O)C=Cc1ccccn1. The van der Waals surface area contributed by atoms with E-state index < -0.39 is 0 Å². The summed E-state index contributed by atoms with van der Waals surface area (Å²) in [5.74, 6) is 0.362. The zero-order valence-electron chi connectivity index (χ0n) is 11.8. The van der Waals surface area contributed by atoms with Crippen LogP contribution in [0.25, 0.3) is 6.08 Å². The summed E-state index contributed by atoms with van der Waals surface area (Å²) in [6.07, 6.45) is 6.47. The molecule has 0 radical (unpaired) electrons. The lowest BCUT2D eigenvalue weighted by molar-refractivity contribution is -0.116. The van der Waals surface area contributed by atoms with E-state index in [1.54, 1.807) is 18.5 Å². The first kappa shape index (κ1) is 14.7. The molecule has 2 rings (SSSR count). The highest BCUT2D eigenvalue weighted by molar-refractivity contribution is 5.91. The van der Waals surface area contributed by atoms with Gasteiger partial charge in [0.1, 0.15) is 0 Å². The summed E-state index contributed by atoms with van der Waals surface area (Å²) in [5, 5.41) is 2.79. The van der Waals surface area contributed by atoms with Crippen molar-refractivity contribution in [3.8, 4) is 5.88 Å². The predicted octanol–water partition coefficient (Wildman–Crippen LogP) is 2.20. The molecule has 2 aromatic rings. The Morgan fingerprint density at radius 3 is 2.86 bits per heavy atom. The number of nitrogens with one attached hydrogen (secondary N) is 1. The lowest BCUT2D eigenvalue weighted by Crippen LogP contribution is -2.20. The van der Waals surface area contributed by atoms with Crippen molar-refractivity contribution >= 4 is 12.0 Å². The first-order chi connectivity index (χ1) is 10.3. The van der Waals surface area contributed by atoms with E-state index in [1.807, 2.05) is 37.3 Å². The molecule has 0 aliphatic heterocycles. The molecular weight excluding hydrogens is 266 g/mol. The maximum absolute atomic E-state index is 11.8. The van der Waals surface area contributed by atoms with E-state index in [1.165, 1.54) is 6.08 Å². The van der Waals surface area contributed by atoms with Gasteiger partial charge in [0.25, 0.3) is 0 Å². The fraction of sp³-hybridized carbons (Fsp3) is 0.188. The molecule has 0 spiro atoms. The second-order valence-corrected chi connectivity index (χ2v) is 4.21. The molecule has 0 saturated heterocycles. The average molecular weight is 283 g/mol. The van der Waals surface area contributed by atoms with E-state index in [2.05, 4.69) is 15.3 Å². The van der Waals surface area contributed by atoms with Crippen LogP contribution in [0.3, 0.4) is 0 Å². The van der Waals surface area contributed by atoms with Crippen molar-refractivity contribution in [3.63, 3.8) is 0 Å². The van der Waals surface area contributed by atoms with Gasteiger partial charge in [-0.2, -0.15) is 0 Å². The van der Waals surface area contributed by atoms with Crippen molar-refractivity contribution in [2.24, 2.45) is 0 Å². The van der Waals surface area contributed by atoms with Crippen molar-refractivity contribution in [2.45, 2.75) is 13.5 Å². The van der Waals surface area contributed by atoms with Gasteiger partial charge in [0.05, 0.1) is 12.3 Å². The molecule has 108 valence electrons. The second-order valence-electron chi connectivity index (χ2n) is 4.21. The minimum absolute atomic E-state index is 0.188.